The molecule has 1 unspecified atom stereocenters. The molecule has 0 saturated carbocycles. The summed E-state index contributed by atoms with van der Waals surface area (Å²) < 4.78 is 29.1. The minimum Gasteiger partial charge on any atom is -0.406 e. The van der Waals surface area contributed by atoms with Crippen molar-refractivity contribution < 1.29 is 12.8 Å². The quantitative estimate of drug-likeness (QED) is 0.577. The molecule has 0 saturated heterocycles. The monoisotopic (exact) mass is 360 g/mol. The van der Waals surface area contributed by atoms with Gasteiger partial charge < -0.3 is 4.43 Å². The van der Waals surface area contributed by atoms with Crippen LogP contribution in [0.5, 0.6) is 0 Å². The second-order valence-electron chi connectivity index (χ2n) is 5.64. The molecule has 1 atom stereocenters. The Kier molecular flexibility index (Phi) is 4.95. The summed E-state index contributed by atoms with van der Waals surface area (Å²) in [5.41, 5.74) is 1.01. The molecule has 0 N–H and O–H groups in total. The molecule has 1 heterocycles. The Morgan fingerprint density at radius 2 is 1.81 bits per heavy atom. The predicted octanol–water partition coefficient (Wildman–Crippen LogP) is 4.62. The first-order valence-corrected chi connectivity index (χ1v) is 13.0. The van der Waals surface area contributed by atoms with Crippen LogP contribution in [-0.4, -0.2) is 16.7 Å². The van der Waals surface area contributed by atoms with Crippen molar-refractivity contribution in [3.63, 3.8) is 0 Å². The highest BCUT2D eigenvalue weighted by Crippen LogP contribution is 2.35. The maximum atomic E-state index is 11.4. The number of hydrogen-bond donors (Lipinski definition) is 0. The van der Waals surface area contributed by atoms with Gasteiger partial charge in [-0.3, -0.25) is 0 Å². The Morgan fingerprint density at radius 3 is 2.29 bits per heavy atom. The average Bonchev–Trinajstić information content (AvgIpc) is 2.85. The summed E-state index contributed by atoms with van der Waals surface area (Å²) in [5.74, 6) is 0. The molecule has 3 nitrogen and oxygen atoms in total. The molecule has 1 aromatic heterocycles. The third-order valence-electron chi connectivity index (χ3n) is 2.71. The Hall–Kier alpha value is -0.663. The Morgan fingerprint density at radius 1 is 1.19 bits per heavy atom. The van der Waals surface area contributed by atoms with Gasteiger partial charge in [-0.25, -0.2) is 8.42 Å². The lowest BCUT2D eigenvalue weighted by Gasteiger charge is -2.26. The Bertz CT molecular complexity index is 705. The second kappa shape index (κ2) is 6.22. The zero-order valence-corrected chi connectivity index (χ0v) is 15.4. The molecule has 1 aromatic carbocycles. The molecule has 0 fully saturated rings. The van der Waals surface area contributed by atoms with E-state index in [2.05, 4.69) is 19.6 Å². The summed E-state index contributed by atoms with van der Waals surface area (Å²) >= 11 is 1.35. The number of halogens is 1. The SMILES string of the molecule is C[Si](C)(C)OC(c1ccccc1)c1cc(S(=O)(=O)Cl)cs1. The number of hydrogen-bond acceptors (Lipinski definition) is 4. The van der Waals surface area contributed by atoms with Crippen LogP contribution in [0.4, 0.5) is 0 Å². The van der Waals surface area contributed by atoms with E-state index in [-0.39, 0.29) is 11.0 Å². The normalized spacial score (nSPS) is 14.1. The van der Waals surface area contributed by atoms with Gasteiger partial charge in [0.25, 0.3) is 9.05 Å². The first-order chi connectivity index (χ1) is 9.67. The fourth-order valence-corrected chi connectivity index (χ4v) is 5.16. The van der Waals surface area contributed by atoms with E-state index >= 15 is 0 Å². The van der Waals surface area contributed by atoms with E-state index in [1.165, 1.54) is 11.3 Å². The summed E-state index contributed by atoms with van der Waals surface area (Å²) in [6.07, 6.45) is -0.255. The van der Waals surface area contributed by atoms with Crippen LogP contribution in [0.2, 0.25) is 19.6 Å². The molecule has 7 heteroatoms. The van der Waals surface area contributed by atoms with Crippen LogP contribution in [0, 0.1) is 0 Å². The average molecular weight is 361 g/mol. The summed E-state index contributed by atoms with van der Waals surface area (Å²) in [4.78, 5) is 0.979. The van der Waals surface area contributed by atoms with Gasteiger partial charge in [0.15, 0.2) is 8.32 Å². The van der Waals surface area contributed by atoms with Gasteiger partial charge in [0.05, 0.1) is 4.90 Å². The first-order valence-electron chi connectivity index (χ1n) is 6.43. The first kappa shape index (κ1) is 16.7. The summed E-state index contributed by atoms with van der Waals surface area (Å²) in [7, 11) is -0.0988. The minimum absolute atomic E-state index is 0.129. The summed E-state index contributed by atoms with van der Waals surface area (Å²) in [6, 6.07) is 11.4. The fourth-order valence-electron chi connectivity index (χ4n) is 1.87. The third kappa shape index (κ3) is 4.65. The molecule has 2 aromatic rings. The van der Waals surface area contributed by atoms with Crippen LogP contribution in [0.15, 0.2) is 46.7 Å². The van der Waals surface area contributed by atoms with Crippen molar-refractivity contribution in [1.82, 2.24) is 0 Å². The maximum Gasteiger partial charge on any atom is 0.262 e. The largest absolute Gasteiger partial charge is 0.406 e. The maximum absolute atomic E-state index is 11.4. The number of benzene rings is 1. The molecule has 114 valence electrons. The summed E-state index contributed by atoms with van der Waals surface area (Å²) in [5, 5.41) is 1.56. The van der Waals surface area contributed by atoms with Crippen molar-refractivity contribution in [2.45, 2.75) is 30.6 Å². The Balaban J connectivity index is 2.43. The van der Waals surface area contributed by atoms with E-state index in [0.717, 1.165) is 10.4 Å². The van der Waals surface area contributed by atoms with Crippen LogP contribution >= 0.6 is 22.0 Å². The third-order valence-corrected chi connectivity index (χ3v) is 6.11. The molecule has 0 amide bonds. The minimum atomic E-state index is -3.70. The Labute approximate surface area is 135 Å². The topological polar surface area (TPSA) is 43.4 Å². The molecular weight excluding hydrogens is 344 g/mol. The zero-order valence-electron chi connectivity index (χ0n) is 12.0. The zero-order chi connectivity index (χ0) is 15.7. The van der Waals surface area contributed by atoms with Crippen molar-refractivity contribution in [2.75, 3.05) is 0 Å². The predicted molar refractivity (Wildman–Crippen MR) is 90.1 cm³/mol. The molecule has 0 spiro atoms. The van der Waals surface area contributed by atoms with Gasteiger partial charge in [-0.15, -0.1) is 11.3 Å². The molecular formula is C14H17ClO3S2Si. The van der Waals surface area contributed by atoms with Crippen molar-refractivity contribution >= 4 is 39.4 Å². The van der Waals surface area contributed by atoms with Gasteiger partial charge in [-0.05, 0) is 31.3 Å². The molecule has 0 bridgehead atoms. The number of thiophene rings is 1. The van der Waals surface area contributed by atoms with E-state index in [0.29, 0.717) is 0 Å². The molecule has 0 aliphatic rings. The van der Waals surface area contributed by atoms with Crippen molar-refractivity contribution in [3.8, 4) is 0 Å². The van der Waals surface area contributed by atoms with Crippen molar-refractivity contribution in [1.29, 1.82) is 0 Å². The van der Waals surface area contributed by atoms with Crippen LogP contribution in [0.25, 0.3) is 0 Å². The van der Waals surface area contributed by atoms with Crippen molar-refractivity contribution in [2.24, 2.45) is 0 Å². The molecule has 0 aliphatic heterocycles. The van der Waals surface area contributed by atoms with Gasteiger partial charge in [0, 0.05) is 20.9 Å². The highest BCUT2D eigenvalue weighted by molar-refractivity contribution is 8.13. The molecule has 2 rings (SSSR count). The van der Waals surface area contributed by atoms with Gasteiger partial charge >= 0.3 is 0 Å². The van der Waals surface area contributed by atoms with Gasteiger partial charge in [0.2, 0.25) is 0 Å². The van der Waals surface area contributed by atoms with Gasteiger partial charge in [-0.2, -0.15) is 0 Å². The lowest BCUT2D eigenvalue weighted by atomic mass is 10.1. The van der Waals surface area contributed by atoms with E-state index in [1.807, 2.05) is 30.3 Å². The van der Waals surface area contributed by atoms with Crippen LogP contribution in [-0.2, 0) is 13.5 Å². The van der Waals surface area contributed by atoms with E-state index < -0.39 is 17.4 Å². The van der Waals surface area contributed by atoms with Crippen molar-refractivity contribution in [3.05, 3.63) is 52.2 Å². The lowest BCUT2D eigenvalue weighted by molar-refractivity contribution is 0.243. The molecule has 21 heavy (non-hydrogen) atoms. The van der Waals surface area contributed by atoms with Crippen LogP contribution in [0.3, 0.4) is 0 Å². The standard InChI is InChI=1S/C14H17ClO3S2Si/c1-21(2,3)18-14(11-7-5-4-6-8-11)13-9-12(10-19-13)20(15,16)17/h4-10,14H,1-3H3. The van der Waals surface area contributed by atoms with Gasteiger partial charge in [0.1, 0.15) is 6.10 Å². The molecule has 0 aliphatic carbocycles. The number of rotatable bonds is 5. The second-order valence-corrected chi connectivity index (χ2v) is 13.6. The smallest absolute Gasteiger partial charge is 0.262 e. The summed E-state index contributed by atoms with van der Waals surface area (Å²) in [6.45, 7) is 6.32. The highest BCUT2D eigenvalue weighted by Gasteiger charge is 2.26. The highest BCUT2D eigenvalue weighted by atomic mass is 35.7. The lowest BCUT2D eigenvalue weighted by Crippen LogP contribution is -2.28. The van der Waals surface area contributed by atoms with E-state index in [1.54, 1.807) is 11.4 Å². The fraction of sp³-hybridized carbons (Fsp3) is 0.286. The van der Waals surface area contributed by atoms with Crippen LogP contribution < -0.4 is 0 Å². The van der Waals surface area contributed by atoms with Gasteiger partial charge in [-0.1, -0.05) is 30.3 Å². The van der Waals surface area contributed by atoms with E-state index in [9.17, 15) is 8.42 Å². The molecule has 0 radical (unpaired) electrons. The van der Waals surface area contributed by atoms with E-state index in [4.69, 9.17) is 15.1 Å². The van der Waals surface area contributed by atoms with Crippen LogP contribution in [0.1, 0.15) is 16.5 Å².